The third-order valence-corrected chi connectivity index (χ3v) is 6.28. The Balaban J connectivity index is 1.93. The van der Waals surface area contributed by atoms with Gasteiger partial charge in [0.1, 0.15) is 40.1 Å². The number of hydrogen-bond donors (Lipinski definition) is 2. The summed E-state index contributed by atoms with van der Waals surface area (Å²) in [6.07, 6.45) is 0. The number of ether oxygens (including phenoxy) is 2. The molecule has 2 N–H and O–H groups in total. The molecule has 2 heterocycles. The number of pyridine rings is 1. The van der Waals surface area contributed by atoms with Gasteiger partial charge in [0.2, 0.25) is 0 Å². The van der Waals surface area contributed by atoms with Crippen LogP contribution in [-0.2, 0) is 12.6 Å². The highest BCUT2D eigenvalue weighted by Gasteiger charge is 2.29. The van der Waals surface area contributed by atoms with Crippen LogP contribution in [0.5, 0.6) is 11.5 Å². The zero-order valence-electron chi connectivity index (χ0n) is 22.0. The summed E-state index contributed by atoms with van der Waals surface area (Å²) in [5.74, 6) is -3.65. The Bertz CT molecular complexity index is 1660. The van der Waals surface area contributed by atoms with E-state index in [1.165, 1.54) is 40.1 Å². The van der Waals surface area contributed by atoms with Crippen LogP contribution < -0.4 is 20.3 Å². The van der Waals surface area contributed by atoms with Crippen LogP contribution in [0.1, 0.15) is 29.9 Å². The first-order valence-electron chi connectivity index (χ1n) is 11.8. The molecule has 0 fully saturated rings. The number of anilines is 1. The quantitative estimate of drug-likeness (QED) is 0.270. The van der Waals surface area contributed by atoms with E-state index in [4.69, 9.17) is 16.3 Å². The molecule has 0 bridgehead atoms. The van der Waals surface area contributed by atoms with Gasteiger partial charge in [-0.1, -0.05) is 11.6 Å². The smallest absolute Gasteiger partial charge is 0.387 e. The second-order valence-electron chi connectivity index (χ2n) is 9.25. The lowest BCUT2D eigenvalue weighted by atomic mass is 10.1. The first kappa shape index (κ1) is 29.6. The molecular weight excluding hydrogens is 572 g/mol. The Kier molecular flexibility index (Phi) is 8.13. The summed E-state index contributed by atoms with van der Waals surface area (Å²) in [7, 11) is 2.51. The number of hydrogen-bond acceptors (Lipinski definition) is 6. The minimum absolute atomic E-state index is 0.0459. The molecule has 2 aromatic heterocycles. The first-order valence-corrected chi connectivity index (χ1v) is 12.2. The summed E-state index contributed by atoms with van der Waals surface area (Å²) < 4.78 is 66.7. The fraction of sp³-hybridized carbons (Fsp3) is 0.222. The summed E-state index contributed by atoms with van der Waals surface area (Å²) in [6, 6.07) is 9.16. The fourth-order valence-corrected chi connectivity index (χ4v) is 4.22. The minimum atomic E-state index is -3.08. The summed E-state index contributed by atoms with van der Waals surface area (Å²) in [6.45, 7) is -0.167. The lowest BCUT2D eigenvalue weighted by molar-refractivity contribution is -0.0498. The topological polar surface area (TPSA) is 108 Å². The van der Waals surface area contributed by atoms with Gasteiger partial charge in [0, 0.05) is 24.7 Å². The highest BCUT2D eigenvalue weighted by atomic mass is 35.5. The molecule has 0 aliphatic carbocycles. The van der Waals surface area contributed by atoms with Crippen molar-refractivity contribution in [3.05, 3.63) is 86.8 Å². The second-order valence-corrected chi connectivity index (χ2v) is 9.66. The lowest BCUT2D eigenvalue weighted by Crippen LogP contribution is -2.26. The summed E-state index contributed by atoms with van der Waals surface area (Å²) in [5, 5.41) is 12.8. The summed E-state index contributed by atoms with van der Waals surface area (Å²) >= 11 is 6.35. The first-order chi connectivity index (χ1) is 19.2. The standard InChI is InChI=1S/C27H23ClF4N4O5/c1-27(2,39)19-10-9-16(28)23(33-19)36-25(38)21(34-24(37)13-5-7-14(8-6-13)41-26(31)32)22(35(36)3)20-17(29)11-15(40-4)12-18(20)30/h5-12,26,39H,1-4H3,(H,34,37). The Morgan fingerprint density at radius 2 is 1.68 bits per heavy atom. The van der Waals surface area contributed by atoms with Crippen molar-refractivity contribution in [2.24, 2.45) is 7.05 Å². The molecule has 0 unspecified atom stereocenters. The average molecular weight is 595 g/mol. The van der Waals surface area contributed by atoms with E-state index in [2.05, 4.69) is 15.0 Å². The van der Waals surface area contributed by atoms with E-state index < -0.39 is 46.6 Å². The molecule has 1 amide bonds. The third kappa shape index (κ3) is 5.91. The van der Waals surface area contributed by atoms with Gasteiger partial charge >= 0.3 is 6.61 Å². The molecule has 0 saturated heterocycles. The molecule has 9 nitrogen and oxygen atoms in total. The Hall–Kier alpha value is -4.36. The van der Waals surface area contributed by atoms with E-state index in [1.807, 2.05) is 0 Å². The lowest BCUT2D eigenvalue weighted by Gasteiger charge is -2.19. The number of alkyl halides is 2. The van der Waals surface area contributed by atoms with Crippen molar-refractivity contribution in [2.75, 3.05) is 12.4 Å². The highest BCUT2D eigenvalue weighted by molar-refractivity contribution is 6.32. The number of nitrogens with one attached hydrogen (secondary N) is 1. The van der Waals surface area contributed by atoms with E-state index in [0.717, 1.165) is 45.8 Å². The van der Waals surface area contributed by atoms with Crippen LogP contribution in [-0.4, -0.2) is 39.1 Å². The van der Waals surface area contributed by atoms with Gasteiger partial charge in [-0.3, -0.25) is 14.3 Å². The number of carbonyl (C=O) groups excluding carboxylic acids is 1. The van der Waals surface area contributed by atoms with Gasteiger partial charge in [-0.15, -0.1) is 0 Å². The van der Waals surface area contributed by atoms with E-state index >= 15 is 8.78 Å². The number of rotatable bonds is 8. The maximum absolute atomic E-state index is 15.3. The van der Waals surface area contributed by atoms with Crippen LogP contribution in [0.25, 0.3) is 17.1 Å². The van der Waals surface area contributed by atoms with Crippen molar-refractivity contribution in [1.82, 2.24) is 14.3 Å². The van der Waals surface area contributed by atoms with Gasteiger partial charge in [-0.05, 0) is 50.2 Å². The molecule has 4 rings (SSSR count). The zero-order valence-corrected chi connectivity index (χ0v) is 22.8. The third-order valence-electron chi connectivity index (χ3n) is 5.99. The molecule has 216 valence electrons. The van der Waals surface area contributed by atoms with Crippen LogP contribution in [0.3, 0.4) is 0 Å². The molecule has 0 atom stereocenters. The molecule has 2 aromatic carbocycles. The molecule has 0 radical (unpaired) electrons. The van der Waals surface area contributed by atoms with Gasteiger partial charge in [0.05, 0.1) is 23.4 Å². The number of nitrogens with zero attached hydrogens (tertiary/aromatic N) is 3. The maximum atomic E-state index is 15.3. The van der Waals surface area contributed by atoms with Crippen molar-refractivity contribution < 1.29 is 36.9 Å². The van der Waals surface area contributed by atoms with Gasteiger partial charge in [0.25, 0.3) is 11.5 Å². The number of benzene rings is 2. The van der Waals surface area contributed by atoms with Crippen LogP contribution in [0.15, 0.2) is 53.3 Å². The molecule has 14 heteroatoms. The van der Waals surface area contributed by atoms with E-state index in [9.17, 15) is 23.5 Å². The van der Waals surface area contributed by atoms with Gasteiger partial charge in [0.15, 0.2) is 5.82 Å². The number of aromatic nitrogens is 3. The predicted molar refractivity (Wildman–Crippen MR) is 142 cm³/mol. The number of halogens is 5. The number of amides is 1. The van der Waals surface area contributed by atoms with Crippen LogP contribution in [0, 0.1) is 11.6 Å². The fourth-order valence-electron chi connectivity index (χ4n) is 4.03. The number of carbonyl (C=O) groups is 1. The Labute approximate surface area is 235 Å². The molecule has 0 aliphatic rings. The van der Waals surface area contributed by atoms with Crippen molar-refractivity contribution in [1.29, 1.82) is 0 Å². The summed E-state index contributed by atoms with van der Waals surface area (Å²) in [5.41, 5.74) is -3.96. The molecule has 0 aliphatic heterocycles. The van der Waals surface area contributed by atoms with Crippen LogP contribution in [0.2, 0.25) is 5.02 Å². The van der Waals surface area contributed by atoms with Crippen molar-refractivity contribution in [2.45, 2.75) is 26.1 Å². The van der Waals surface area contributed by atoms with Gasteiger partial charge < -0.3 is 19.9 Å². The van der Waals surface area contributed by atoms with Crippen molar-refractivity contribution in [3.63, 3.8) is 0 Å². The molecule has 41 heavy (non-hydrogen) atoms. The molecule has 4 aromatic rings. The Morgan fingerprint density at radius 3 is 2.22 bits per heavy atom. The van der Waals surface area contributed by atoms with Crippen molar-refractivity contribution in [3.8, 4) is 28.6 Å². The molecule has 0 spiro atoms. The van der Waals surface area contributed by atoms with E-state index in [-0.39, 0.29) is 39.3 Å². The monoisotopic (exact) mass is 594 g/mol. The SMILES string of the molecule is COc1cc(F)c(-c2c(NC(=O)c3ccc(OC(F)F)cc3)c(=O)n(-c3nc(C(C)(C)O)ccc3Cl)n2C)c(F)c1. The number of methoxy groups -OCH3 is 1. The highest BCUT2D eigenvalue weighted by Crippen LogP contribution is 2.35. The van der Waals surface area contributed by atoms with Crippen molar-refractivity contribution >= 4 is 23.2 Å². The van der Waals surface area contributed by atoms with E-state index in [1.54, 1.807) is 0 Å². The Morgan fingerprint density at radius 1 is 1.07 bits per heavy atom. The molecular formula is C27H23ClF4N4O5. The normalized spacial score (nSPS) is 11.6. The summed E-state index contributed by atoms with van der Waals surface area (Å²) in [4.78, 5) is 31.2. The largest absolute Gasteiger partial charge is 0.497 e. The molecule has 0 saturated carbocycles. The second kappa shape index (κ2) is 11.3. The van der Waals surface area contributed by atoms with Gasteiger partial charge in [-0.2, -0.15) is 13.5 Å². The van der Waals surface area contributed by atoms with Gasteiger partial charge in [-0.25, -0.2) is 13.8 Å². The van der Waals surface area contributed by atoms with Crippen LogP contribution >= 0.6 is 11.6 Å². The van der Waals surface area contributed by atoms with Crippen LogP contribution in [0.4, 0.5) is 23.2 Å². The zero-order chi connectivity index (χ0) is 30.2. The number of aliphatic hydroxyl groups is 1. The van der Waals surface area contributed by atoms with E-state index in [0.29, 0.717) is 0 Å². The minimum Gasteiger partial charge on any atom is -0.497 e. The maximum Gasteiger partial charge on any atom is 0.387 e. The average Bonchev–Trinajstić information content (AvgIpc) is 3.12. The predicted octanol–water partition coefficient (Wildman–Crippen LogP) is 5.26.